The van der Waals surface area contributed by atoms with Gasteiger partial charge >= 0.3 is 19.5 Å². The van der Waals surface area contributed by atoms with Crippen molar-refractivity contribution in [1.82, 2.24) is 19.5 Å². The molecular weight excluding hydrogens is 652 g/mol. The molecule has 0 aromatic carbocycles. The second-order valence-corrected chi connectivity index (χ2v) is 11.3. The Labute approximate surface area is 270 Å². The van der Waals surface area contributed by atoms with Gasteiger partial charge in [-0.3, -0.25) is 14.2 Å². The highest BCUT2D eigenvalue weighted by molar-refractivity contribution is 7.53. The summed E-state index contributed by atoms with van der Waals surface area (Å²) >= 11 is 0. The topological polar surface area (TPSA) is 219 Å². The molecule has 0 aliphatic heterocycles. The summed E-state index contributed by atoms with van der Waals surface area (Å²) in [6, 6.07) is -1.54. The third-order valence-electron chi connectivity index (χ3n) is 6.45. The first-order valence-corrected chi connectivity index (χ1v) is 15.0. The van der Waals surface area contributed by atoms with Crippen LogP contribution in [0.1, 0.15) is 40.5 Å². The van der Waals surface area contributed by atoms with E-state index in [4.69, 9.17) is 40.5 Å². The third kappa shape index (κ3) is 13.8. The number of nitrogens with zero attached hydrogens (tertiary/aromatic N) is 4. The molecule has 2 rings (SSSR count). The van der Waals surface area contributed by atoms with E-state index < -0.39 is 38.0 Å². The molecule has 0 fully saturated rings. The fourth-order valence-electron chi connectivity index (χ4n) is 3.32. The van der Waals surface area contributed by atoms with Gasteiger partial charge in [0.05, 0.1) is 26.1 Å². The summed E-state index contributed by atoms with van der Waals surface area (Å²) in [5.74, 6) is -1.00. The van der Waals surface area contributed by atoms with Crippen LogP contribution in [0.25, 0.3) is 11.2 Å². The third-order valence-corrected chi connectivity index (χ3v) is 8.10. The van der Waals surface area contributed by atoms with Crippen LogP contribution in [0.3, 0.4) is 0 Å². The Hall–Kier alpha value is -1.81. The number of carbonyl (C=O) groups is 2. The van der Waals surface area contributed by atoms with Gasteiger partial charge in [0.1, 0.15) is 43.5 Å². The van der Waals surface area contributed by atoms with Gasteiger partial charge in [0.15, 0.2) is 11.5 Å². The number of ether oxygens (including phenoxy) is 3. The van der Waals surface area contributed by atoms with Crippen molar-refractivity contribution in [2.24, 2.45) is 23.3 Å². The first-order valence-electron chi connectivity index (χ1n) is 13.2. The van der Waals surface area contributed by atoms with E-state index in [9.17, 15) is 14.2 Å². The molecule has 2 aromatic rings. The molecule has 2 heterocycles. The Balaban J connectivity index is 0. The Bertz CT molecular complexity index is 1110. The van der Waals surface area contributed by atoms with Crippen LogP contribution < -0.4 is 17.2 Å². The van der Waals surface area contributed by atoms with E-state index in [1.807, 2.05) is 27.7 Å². The molecule has 0 aliphatic carbocycles. The summed E-state index contributed by atoms with van der Waals surface area (Å²) in [6.45, 7) is 7.16. The van der Waals surface area contributed by atoms with E-state index in [-0.39, 0.29) is 87.9 Å². The lowest BCUT2D eigenvalue weighted by Gasteiger charge is -2.20. The Kier molecular flexibility index (Phi) is 22.0. The van der Waals surface area contributed by atoms with Crippen molar-refractivity contribution in [1.29, 1.82) is 0 Å². The monoisotopic (exact) mass is 695 g/mol. The second kappa shape index (κ2) is 21.8. The highest BCUT2D eigenvalue weighted by atomic mass is 35.5. The van der Waals surface area contributed by atoms with Crippen LogP contribution in [-0.4, -0.2) is 82.9 Å². The first-order chi connectivity index (χ1) is 19.0. The van der Waals surface area contributed by atoms with Crippen LogP contribution in [0.5, 0.6) is 0 Å². The number of aromatic nitrogens is 4. The SMILES string of the molecule is CC[C@H](C)[C@H](N)C(=O)OCCOP(=O)(COCCn1cnc2c(N)ncnc21)OCCOC(=O)[C@@H](N)[C@@H](C)CC.Cl.Cl.Cl. The zero-order valence-corrected chi connectivity index (χ0v) is 28.1. The van der Waals surface area contributed by atoms with Crippen LogP contribution in [0.2, 0.25) is 0 Å². The molecule has 4 atom stereocenters. The molecule has 6 N–H and O–H groups in total. The minimum Gasteiger partial charge on any atom is -0.462 e. The van der Waals surface area contributed by atoms with E-state index in [1.54, 1.807) is 10.9 Å². The van der Waals surface area contributed by atoms with Crippen molar-refractivity contribution in [3.05, 3.63) is 12.7 Å². The van der Waals surface area contributed by atoms with Crippen molar-refractivity contribution < 1.29 is 37.4 Å². The number of halogens is 3. The molecule has 0 unspecified atom stereocenters. The van der Waals surface area contributed by atoms with Gasteiger partial charge in [0, 0.05) is 6.54 Å². The van der Waals surface area contributed by atoms with Crippen LogP contribution >= 0.6 is 44.8 Å². The molecule has 0 aliphatic rings. The quantitative estimate of drug-likeness (QED) is 0.109. The maximum absolute atomic E-state index is 13.3. The van der Waals surface area contributed by atoms with E-state index in [1.165, 1.54) is 6.33 Å². The smallest absolute Gasteiger partial charge is 0.356 e. The molecule has 43 heavy (non-hydrogen) atoms. The Morgan fingerprint density at radius 2 is 1.37 bits per heavy atom. The first kappa shape index (κ1) is 43.3. The number of hydrogen-bond donors (Lipinski definition) is 3. The summed E-state index contributed by atoms with van der Waals surface area (Å²) in [4.78, 5) is 36.4. The number of anilines is 1. The number of fused-ring (bicyclic) bond motifs is 1. The van der Waals surface area contributed by atoms with E-state index in [0.717, 1.165) is 12.8 Å². The summed E-state index contributed by atoms with van der Waals surface area (Å²) in [6.07, 6.45) is 3.90. The molecule has 0 spiro atoms. The maximum atomic E-state index is 13.3. The largest absolute Gasteiger partial charge is 0.462 e. The molecule has 19 heteroatoms. The molecule has 0 radical (unpaired) electrons. The normalized spacial score (nSPS) is 13.9. The highest BCUT2D eigenvalue weighted by Crippen LogP contribution is 2.48. The molecule has 0 saturated heterocycles. The van der Waals surface area contributed by atoms with E-state index in [2.05, 4.69) is 15.0 Å². The number of nitrogens with two attached hydrogens (primary N) is 3. The highest BCUT2D eigenvalue weighted by Gasteiger charge is 2.27. The van der Waals surface area contributed by atoms with Crippen molar-refractivity contribution in [3.63, 3.8) is 0 Å². The molecule has 250 valence electrons. The minimum absolute atomic E-state index is 0. The maximum Gasteiger partial charge on any atom is 0.356 e. The Morgan fingerprint density at radius 1 is 0.860 bits per heavy atom. The van der Waals surface area contributed by atoms with E-state index in [0.29, 0.717) is 17.7 Å². The molecule has 0 amide bonds. The van der Waals surface area contributed by atoms with Crippen molar-refractivity contribution >= 4 is 73.7 Å². The Morgan fingerprint density at radius 3 is 1.86 bits per heavy atom. The summed E-state index contributed by atoms with van der Waals surface area (Å²) in [5, 5.41) is 0. The van der Waals surface area contributed by atoms with Crippen molar-refractivity contribution in [2.45, 2.75) is 59.2 Å². The van der Waals surface area contributed by atoms with E-state index >= 15 is 0 Å². The van der Waals surface area contributed by atoms with Gasteiger partial charge in [-0.05, 0) is 11.8 Å². The zero-order chi connectivity index (χ0) is 29.7. The van der Waals surface area contributed by atoms with Gasteiger partial charge in [-0.2, -0.15) is 0 Å². The minimum atomic E-state index is -3.84. The van der Waals surface area contributed by atoms with Crippen molar-refractivity contribution in [2.75, 3.05) is 45.1 Å². The number of nitrogen functional groups attached to an aromatic ring is 1. The lowest BCUT2D eigenvalue weighted by Crippen LogP contribution is -2.38. The fourth-order valence-corrected chi connectivity index (χ4v) is 4.60. The average Bonchev–Trinajstić information content (AvgIpc) is 3.38. The average molecular weight is 697 g/mol. The molecular formula is C24H45Cl3N7O8P. The standard InChI is InChI=1S/C24H42N7O8P.3ClH/c1-5-16(3)18(25)23(32)36-9-11-38-40(34,39-12-10-37-24(33)19(26)17(4)6-2)15-35-8-7-31-14-30-20-21(27)28-13-29-22(20)31;;;/h13-14,16-19H,5-12,15,25-26H2,1-4H3,(H2,27,28,29);3*1H/t16-,17-,18-,19-;;;/m0.../s1. The van der Waals surface area contributed by atoms with Crippen molar-refractivity contribution in [3.8, 4) is 0 Å². The molecule has 0 saturated carbocycles. The lowest BCUT2D eigenvalue weighted by atomic mass is 10.0. The zero-order valence-electron chi connectivity index (χ0n) is 24.8. The van der Waals surface area contributed by atoms with Gasteiger partial charge in [0.2, 0.25) is 0 Å². The van der Waals surface area contributed by atoms with Gasteiger partial charge in [-0.25, -0.2) is 15.0 Å². The van der Waals surface area contributed by atoms with Crippen LogP contribution in [0.4, 0.5) is 5.82 Å². The number of imidazole rings is 1. The molecule has 15 nitrogen and oxygen atoms in total. The summed E-state index contributed by atoms with van der Waals surface area (Å²) in [7, 11) is -3.84. The lowest BCUT2D eigenvalue weighted by molar-refractivity contribution is -0.147. The number of carbonyl (C=O) groups excluding carboxylic acids is 2. The van der Waals surface area contributed by atoms with Gasteiger partial charge in [-0.15, -0.1) is 37.2 Å². The van der Waals surface area contributed by atoms with Gasteiger partial charge in [-0.1, -0.05) is 40.5 Å². The predicted molar refractivity (Wildman–Crippen MR) is 169 cm³/mol. The number of esters is 2. The number of rotatable bonds is 19. The second-order valence-electron chi connectivity index (χ2n) is 9.34. The summed E-state index contributed by atoms with van der Waals surface area (Å²) in [5.41, 5.74) is 18.5. The van der Waals surface area contributed by atoms with Gasteiger partial charge < -0.3 is 45.0 Å². The van der Waals surface area contributed by atoms with Crippen LogP contribution in [0, 0.1) is 11.8 Å². The van der Waals surface area contributed by atoms with Gasteiger partial charge in [0.25, 0.3) is 0 Å². The predicted octanol–water partition coefficient (Wildman–Crippen LogP) is 2.71. The molecule has 2 aromatic heterocycles. The summed E-state index contributed by atoms with van der Waals surface area (Å²) < 4.78 is 41.8. The number of hydrogen-bond acceptors (Lipinski definition) is 14. The van der Waals surface area contributed by atoms with Crippen LogP contribution in [-0.2, 0) is 44.0 Å². The fraction of sp³-hybridized carbons (Fsp3) is 0.708. The molecule has 0 bridgehead atoms. The van der Waals surface area contributed by atoms with Crippen LogP contribution in [0.15, 0.2) is 12.7 Å².